The molecule has 2 aromatic heterocycles. The van der Waals surface area contributed by atoms with E-state index in [-0.39, 0.29) is 12.0 Å². The molecule has 1 aromatic carbocycles. The highest BCUT2D eigenvalue weighted by molar-refractivity contribution is 7.22. The Balaban J connectivity index is 1.62. The molecule has 1 atom stereocenters. The lowest BCUT2D eigenvalue weighted by Gasteiger charge is -2.23. The van der Waals surface area contributed by atoms with E-state index in [0.717, 1.165) is 58.3 Å². The molecule has 0 bridgehead atoms. The molecular weight excluding hydrogens is 396 g/mol. The van der Waals surface area contributed by atoms with Crippen LogP contribution in [0.15, 0.2) is 24.3 Å². The number of rotatable bonds is 7. The molecule has 1 amide bonds. The van der Waals surface area contributed by atoms with E-state index in [9.17, 15) is 4.79 Å². The molecule has 1 unspecified atom stereocenters. The van der Waals surface area contributed by atoms with Crippen molar-refractivity contribution in [2.24, 2.45) is 5.92 Å². The summed E-state index contributed by atoms with van der Waals surface area (Å²) in [5, 5.41) is 5.43. The van der Waals surface area contributed by atoms with Crippen molar-refractivity contribution in [3.05, 3.63) is 41.2 Å². The van der Waals surface area contributed by atoms with Crippen LogP contribution >= 0.6 is 11.3 Å². The van der Waals surface area contributed by atoms with Gasteiger partial charge in [0.1, 0.15) is 0 Å². The van der Waals surface area contributed by atoms with E-state index in [1.54, 1.807) is 11.3 Å². The Hall–Kier alpha value is -2.25. The van der Waals surface area contributed by atoms with Gasteiger partial charge in [-0.1, -0.05) is 37.3 Å². The fraction of sp³-hybridized carbons (Fsp3) is 0.522. The lowest BCUT2D eigenvalue weighted by molar-refractivity contribution is -0.118. The first-order valence-corrected chi connectivity index (χ1v) is 11.5. The number of fused-ring (bicyclic) bond motifs is 1. The Labute approximate surface area is 181 Å². The van der Waals surface area contributed by atoms with Gasteiger partial charge in [0.2, 0.25) is 5.91 Å². The number of carbonyl (C=O) groups excluding carboxylic acids is 1. The largest absolute Gasteiger partial charge is 0.376 e. The lowest BCUT2D eigenvalue weighted by atomic mass is 10.1. The monoisotopic (exact) mass is 426 g/mol. The predicted octanol–water partition coefficient (Wildman–Crippen LogP) is 4.52. The lowest BCUT2D eigenvalue weighted by Crippen LogP contribution is -2.38. The molecule has 160 valence electrons. The Bertz CT molecular complexity index is 1000. The number of nitrogens with zero attached hydrogens (tertiary/aromatic N) is 4. The number of hydrogen-bond donors (Lipinski definition) is 0. The van der Waals surface area contributed by atoms with Gasteiger partial charge in [0.05, 0.1) is 35.0 Å². The Morgan fingerprint density at radius 3 is 2.83 bits per heavy atom. The Kier molecular flexibility index (Phi) is 6.20. The number of hydrogen-bond acceptors (Lipinski definition) is 5. The molecule has 6 nitrogen and oxygen atoms in total. The number of aryl methyl sites for hydroxylation is 1. The van der Waals surface area contributed by atoms with E-state index in [4.69, 9.17) is 9.72 Å². The molecule has 0 N–H and O–H groups in total. The summed E-state index contributed by atoms with van der Waals surface area (Å²) < 4.78 is 8.97. The fourth-order valence-electron chi connectivity index (χ4n) is 4.01. The zero-order chi connectivity index (χ0) is 21.3. The number of ether oxygens (including phenoxy) is 1. The van der Waals surface area contributed by atoms with Gasteiger partial charge in [-0.2, -0.15) is 5.10 Å². The van der Waals surface area contributed by atoms with Crippen LogP contribution in [0.1, 0.15) is 43.6 Å². The Morgan fingerprint density at radius 1 is 1.33 bits per heavy atom. The quantitative estimate of drug-likeness (QED) is 0.557. The maximum absolute atomic E-state index is 13.5. The van der Waals surface area contributed by atoms with Gasteiger partial charge in [-0.3, -0.25) is 14.4 Å². The van der Waals surface area contributed by atoms with Crippen LogP contribution in [0.3, 0.4) is 0 Å². The molecule has 3 aromatic rings. The predicted molar refractivity (Wildman–Crippen MR) is 121 cm³/mol. The molecule has 3 heterocycles. The summed E-state index contributed by atoms with van der Waals surface area (Å²) in [4.78, 5) is 20.1. The van der Waals surface area contributed by atoms with Crippen molar-refractivity contribution in [3.8, 4) is 0 Å². The molecule has 0 aliphatic carbocycles. The average molecular weight is 427 g/mol. The molecule has 1 fully saturated rings. The summed E-state index contributed by atoms with van der Waals surface area (Å²) in [7, 11) is 0. The van der Waals surface area contributed by atoms with Crippen LogP contribution in [-0.2, 0) is 22.5 Å². The van der Waals surface area contributed by atoms with Gasteiger partial charge in [0.15, 0.2) is 5.13 Å². The van der Waals surface area contributed by atoms with Crippen molar-refractivity contribution in [2.75, 3.05) is 18.1 Å². The normalized spacial score (nSPS) is 16.6. The van der Waals surface area contributed by atoms with Crippen molar-refractivity contribution in [3.63, 3.8) is 0 Å². The second kappa shape index (κ2) is 8.86. The molecular formula is C23H30N4O2S. The maximum Gasteiger partial charge on any atom is 0.233 e. The minimum Gasteiger partial charge on any atom is -0.376 e. The van der Waals surface area contributed by atoms with Crippen LogP contribution in [0, 0.1) is 19.8 Å². The van der Waals surface area contributed by atoms with E-state index in [2.05, 4.69) is 31.9 Å². The first kappa shape index (κ1) is 21.0. The number of thiazole rings is 1. The van der Waals surface area contributed by atoms with E-state index >= 15 is 0 Å². The maximum atomic E-state index is 13.5. The summed E-state index contributed by atoms with van der Waals surface area (Å²) >= 11 is 1.57. The third-order valence-electron chi connectivity index (χ3n) is 5.62. The van der Waals surface area contributed by atoms with Gasteiger partial charge in [-0.15, -0.1) is 0 Å². The summed E-state index contributed by atoms with van der Waals surface area (Å²) in [6, 6.07) is 8.03. The average Bonchev–Trinajstić information content (AvgIpc) is 3.42. The van der Waals surface area contributed by atoms with Gasteiger partial charge < -0.3 is 4.74 Å². The SMILES string of the molecule is Cc1nn(CC(C)C)c(C)c1CC(=O)N(CC1CCCO1)c1nc2ccccc2s1. The van der Waals surface area contributed by atoms with Gasteiger partial charge in [-0.05, 0) is 44.7 Å². The fourth-order valence-corrected chi connectivity index (χ4v) is 5.01. The number of carbonyl (C=O) groups is 1. The zero-order valence-corrected chi connectivity index (χ0v) is 19.0. The summed E-state index contributed by atoms with van der Waals surface area (Å²) in [5.41, 5.74) is 3.97. The van der Waals surface area contributed by atoms with Gasteiger partial charge in [0, 0.05) is 24.4 Å². The van der Waals surface area contributed by atoms with Crippen LogP contribution in [0.4, 0.5) is 5.13 Å². The molecule has 1 aliphatic rings. The minimum atomic E-state index is 0.0554. The molecule has 1 saturated heterocycles. The van der Waals surface area contributed by atoms with E-state index < -0.39 is 0 Å². The van der Waals surface area contributed by atoms with E-state index in [1.165, 1.54) is 0 Å². The van der Waals surface area contributed by atoms with Crippen molar-refractivity contribution in [1.82, 2.24) is 14.8 Å². The number of amides is 1. The first-order valence-electron chi connectivity index (χ1n) is 10.7. The van der Waals surface area contributed by atoms with Crippen molar-refractivity contribution >= 4 is 32.6 Å². The van der Waals surface area contributed by atoms with Crippen LogP contribution in [0.5, 0.6) is 0 Å². The molecule has 1 aliphatic heterocycles. The highest BCUT2D eigenvalue weighted by Gasteiger charge is 2.27. The number of benzene rings is 1. The topological polar surface area (TPSA) is 60.2 Å². The summed E-state index contributed by atoms with van der Waals surface area (Å²) in [6.45, 7) is 10.6. The molecule has 7 heteroatoms. The van der Waals surface area contributed by atoms with Crippen LogP contribution in [0.25, 0.3) is 10.2 Å². The third kappa shape index (κ3) is 4.42. The minimum absolute atomic E-state index is 0.0554. The molecule has 4 rings (SSSR count). The van der Waals surface area contributed by atoms with Crippen LogP contribution in [-0.4, -0.2) is 39.9 Å². The van der Waals surface area contributed by atoms with Gasteiger partial charge >= 0.3 is 0 Å². The zero-order valence-electron chi connectivity index (χ0n) is 18.2. The van der Waals surface area contributed by atoms with Gasteiger partial charge in [-0.25, -0.2) is 4.98 Å². The molecule has 0 spiro atoms. The van der Waals surface area contributed by atoms with Crippen molar-refractivity contribution in [2.45, 2.75) is 59.6 Å². The van der Waals surface area contributed by atoms with Crippen molar-refractivity contribution in [1.29, 1.82) is 0 Å². The number of aromatic nitrogens is 3. The number of anilines is 1. The van der Waals surface area contributed by atoms with E-state index in [0.29, 0.717) is 18.9 Å². The second-order valence-electron chi connectivity index (χ2n) is 8.51. The third-order valence-corrected chi connectivity index (χ3v) is 6.68. The van der Waals surface area contributed by atoms with Crippen molar-refractivity contribution < 1.29 is 9.53 Å². The Morgan fingerprint density at radius 2 is 2.13 bits per heavy atom. The highest BCUT2D eigenvalue weighted by Crippen LogP contribution is 2.30. The summed E-state index contributed by atoms with van der Waals surface area (Å²) in [5.74, 6) is 0.560. The summed E-state index contributed by atoms with van der Waals surface area (Å²) in [6.07, 6.45) is 2.44. The van der Waals surface area contributed by atoms with Crippen LogP contribution < -0.4 is 4.90 Å². The molecule has 0 saturated carbocycles. The van der Waals surface area contributed by atoms with E-state index in [1.807, 2.05) is 34.7 Å². The first-order chi connectivity index (χ1) is 14.4. The molecule has 0 radical (unpaired) electrons. The van der Waals surface area contributed by atoms with Crippen LogP contribution in [0.2, 0.25) is 0 Å². The standard InChI is InChI=1S/C23H30N4O2S/c1-15(2)13-27-17(4)19(16(3)25-27)12-22(28)26(14-18-8-7-11-29-18)23-24-20-9-5-6-10-21(20)30-23/h5-6,9-10,15,18H,7-8,11-14H2,1-4H3. The highest BCUT2D eigenvalue weighted by atomic mass is 32.1. The van der Waals surface area contributed by atoms with Gasteiger partial charge in [0.25, 0.3) is 0 Å². The number of para-hydroxylation sites is 1. The molecule has 30 heavy (non-hydrogen) atoms. The smallest absolute Gasteiger partial charge is 0.233 e. The second-order valence-corrected chi connectivity index (χ2v) is 9.51.